The molecule has 1 atom stereocenters. The molecule has 0 bridgehead atoms. The standard InChI is InChI=1S/C24H24N4O/c1-16-8-9-21(18(3)12-16)23(19-7-4-10-25-14-19)27-22(29)13-20-15-26-24-17(2)6-5-11-28(20)24/h4-12,14-15,23H,13H2,1-3H3,(H,27,29). The molecule has 4 aromatic rings. The molecule has 0 fully saturated rings. The monoisotopic (exact) mass is 384 g/mol. The van der Waals surface area contributed by atoms with Crippen LogP contribution in [-0.2, 0) is 11.2 Å². The van der Waals surface area contributed by atoms with Crippen molar-refractivity contribution in [1.29, 1.82) is 0 Å². The molecule has 3 aromatic heterocycles. The minimum Gasteiger partial charge on any atom is -0.345 e. The number of carbonyl (C=O) groups is 1. The van der Waals surface area contributed by atoms with Gasteiger partial charge in [-0.2, -0.15) is 0 Å². The van der Waals surface area contributed by atoms with Gasteiger partial charge >= 0.3 is 0 Å². The van der Waals surface area contributed by atoms with Crippen LogP contribution < -0.4 is 5.32 Å². The number of carbonyl (C=O) groups excluding carboxylic acids is 1. The zero-order valence-corrected chi connectivity index (χ0v) is 16.9. The van der Waals surface area contributed by atoms with Crippen molar-refractivity contribution < 1.29 is 4.79 Å². The topological polar surface area (TPSA) is 59.3 Å². The molecule has 5 nitrogen and oxygen atoms in total. The highest BCUT2D eigenvalue weighted by atomic mass is 16.1. The summed E-state index contributed by atoms with van der Waals surface area (Å²) >= 11 is 0. The lowest BCUT2D eigenvalue weighted by Gasteiger charge is -2.22. The molecule has 5 heteroatoms. The molecule has 0 saturated heterocycles. The summed E-state index contributed by atoms with van der Waals surface area (Å²) in [6.45, 7) is 6.16. The minimum atomic E-state index is -0.252. The fourth-order valence-corrected chi connectivity index (χ4v) is 3.75. The van der Waals surface area contributed by atoms with E-state index in [9.17, 15) is 4.79 Å². The smallest absolute Gasteiger partial charge is 0.226 e. The number of benzene rings is 1. The SMILES string of the molecule is Cc1ccc(C(NC(=O)Cc2cnc3c(C)cccn23)c2cccnc2)c(C)c1. The van der Waals surface area contributed by atoms with Gasteiger partial charge in [0.25, 0.3) is 0 Å². The van der Waals surface area contributed by atoms with E-state index in [1.165, 1.54) is 5.56 Å². The predicted molar refractivity (Wildman–Crippen MR) is 114 cm³/mol. The predicted octanol–water partition coefficient (Wildman–Crippen LogP) is 4.10. The molecule has 29 heavy (non-hydrogen) atoms. The van der Waals surface area contributed by atoms with Gasteiger partial charge in [0.2, 0.25) is 5.91 Å². The van der Waals surface area contributed by atoms with Crippen molar-refractivity contribution in [3.05, 3.63) is 101 Å². The quantitative estimate of drug-likeness (QED) is 0.563. The summed E-state index contributed by atoms with van der Waals surface area (Å²) in [5.74, 6) is -0.0536. The normalized spacial score (nSPS) is 12.1. The second-order valence-electron chi connectivity index (χ2n) is 7.46. The molecule has 1 unspecified atom stereocenters. The third-order valence-electron chi connectivity index (χ3n) is 5.21. The summed E-state index contributed by atoms with van der Waals surface area (Å²) in [5.41, 5.74) is 7.21. The summed E-state index contributed by atoms with van der Waals surface area (Å²) in [7, 11) is 0. The molecule has 0 aliphatic heterocycles. The molecular weight excluding hydrogens is 360 g/mol. The molecule has 0 aliphatic rings. The summed E-state index contributed by atoms with van der Waals surface area (Å²) in [5, 5.41) is 3.21. The number of hydrogen-bond donors (Lipinski definition) is 1. The maximum absolute atomic E-state index is 13.0. The lowest BCUT2D eigenvalue weighted by molar-refractivity contribution is -0.121. The second-order valence-corrected chi connectivity index (χ2v) is 7.46. The van der Waals surface area contributed by atoms with Crippen LogP contribution in [0.15, 0.2) is 67.3 Å². The van der Waals surface area contributed by atoms with Crippen LogP contribution >= 0.6 is 0 Å². The average molecular weight is 384 g/mol. The molecule has 4 rings (SSSR count). The van der Waals surface area contributed by atoms with Gasteiger partial charge in [-0.05, 0) is 55.2 Å². The van der Waals surface area contributed by atoms with Crippen molar-refractivity contribution in [2.24, 2.45) is 0 Å². The van der Waals surface area contributed by atoms with Crippen LogP contribution in [-0.4, -0.2) is 20.3 Å². The first kappa shape index (κ1) is 18.9. The number of aryl methyl sites for hydroxylation is 3. The summed E-state index contributed by atoms with van der Waals surface area (Å²) in [4.78, 5) is 21.7. The number of nitrogens with zero attached hydrogens (tertiary/aromatic N) is 3. The van der Waals surface area contributed by atoms with Gasteiger partial charge in [0.05, 0.1) is 18.2 Å². The van der Waals surface area contributed by atoms with Gasteiger partial charge in [-0.25, -0.2) is 4.98 Å². The third-order valence-corrected chi connectivity index (χ3v) is 5.21. The van der Waals surface area contributed by atoms with Crippen LogP contribution in [0.5, 0.6) is 0 Å². The van der Waals surface area contributed by atoms with E-state index in [4.69, 9.17) is 0 Å². The Morgan fingerprint density at radius 1 is 1.07 bits per heavy atom. The Bertz CT molecular complexity index is 1160. The Morgan fingerprint density at radius 3 is 2.69 bits per heavy atom. The van der Waals surface area contributed by atoms with E-state index in [1.807, 2.05) is 48.0 Å². The maximum Gasteiger partial charge on any atom is 0.226 e. The highest BCUT2D eigenvalue weighted by molar-refractivity contribution is 5.79. The Labute approximate surface area is 170 Å². The van der Waals surface area contributed by atoms with E-state index < -0.39 is 0 Å². The van der Waals surface area contributed by atoms with Gasteiger partial charge in [-0.1, -0.05) is 35.9 Å². The summed E-state index contributed by atoms with van der Waals surface area (Å²) < 4.78 is 1.98. The number of imidazole rings is 1. The van der Waals surface area contributed by atoms with Gasteiger partial charge < -0.3 is 9.72 Å². The fraction of sp³-hybridized carbons (Fsp3) is 0.208. The molecule has 0 radical (unpaired) electrons. The lowest BCUT2D eigenvalue weighted by atomic mass is 9.94. The van der Waals surface area contributed by atoms with Crippen molar-refractivity contribution in [2.75, 3.05) is 0 Å². The Kier molecular flexibility index (Phi) is 5.12. The third kappa shape index (κ3) is 3.90. The van der Waals surface area contributed by atoms with E-state index >= 15 is 0 Å². The molecule has 0 spiro atoms. The van der Waals surface area contributed by atoms with E-state index in [0.29, 0.717) is 0 Å². The molecule has 0 saturated carbocycles. The van der Waals surface area contributed by atoms with Crippen LogP contribution in [0.1, 0.15) is 39.6 Å². The van der Waals surface area contributed by atoms with Crippen LogP contribution in [0.2, 0.25) is 0 Å². The molecule has 1 N–H and O–H groups in total. The summed E-state index contributed by atoms with van der Waals surface area (Å²) in [6.07, 6.45) is 7.53. The van der Waals surface area contributed by atoms with Crippen LogP contribution in [0, 0.1) is 20.8 Å². The van der Waals surface area contributed by atoms with E-state index in [1.54, 1.807) is 12.4 Å². The van der Waals surface area contributed by atoms with Gasteiger partial charge in [-0.15, -0.1) is 0 Å². The fourth-order valence-electron chi connectivity index (χ4n) is 3.75. The zero-order valence-electron chi connectivity index (χ0n) is 16.9. The zero-order chi connectivity index (χ0) is 20.4. The second kappa shape index (κ2) is 7.87. The largest absolute Gasteiger partial charge is 0.345 e. The lowest BCUT2D eigenvalue weighted by Crippen LogP contribution is -2.31. The number of fused-ring (bicyclic) bond motifs is 1. The van der Waals surface area contributed by atoms with Crippen LogP contribution in [0.25, 0.3) is 5.65 Å². The molecule has 1 aromatic carbocycles. The first-order valence-electron chi connectivity index (χ1n) is 9.71. The highest BCUT2D eigenvalue weighted by Crippen LogP contribution is 2.25. The van der Waals surface area contributed by atoms with Gasteiger partial charge in [0.15, 0.2) is 0 Å². The first-order valence-corrected chi connectivity index (χ1v) is 9.71. The molecule has 0 aliphatic carbocycles. The molecule has 3 heterocycles. The maximum atomic E-state index is 13.0. The Hall–Kier alpha value is -3.47. The van der Waals surface area contributed by atoms with E-state index in [0.717, 1.165) is 33.6 Å². The molecule has 146 valence electrons. The van der Waals surface area contributed by atoms with Gasteiger partial charge in [-0.3, -0.25) is 9.78 Å². The summed E-state index contributed by atoms with van der Waals surface area (Å²) in [6, 6.07) is 13.9. The van der Waals surface area contributed by atoms with Crippen LogP contribution in [0.3, 0.4) is 0 Å². The van der Waals surface area contributed by atoms with Gasteiger partial charge in [0.1, 0.15) is 5.65 Å². The number of rotatable bonds is 5. The highest BCUT2D eigenvalue weighted by Gasteiger charge is 2.20. The number of nitrogens with one attached hydrogen (secondary N) is 1. The molecule has 1 amide bonds. The van der Waals surface area contributed by atoms with Crippen molar-refractivity contribution in [1.82, 2.24) is 19.7 Å². The molecular formula is C24H24N4O. The minimum absolute atomic E-state index is 0.0536. The number of aromatic nitrogens is 3. The Balaban J connectivity index is 1.63. The van der Waals surface area contributed by atoms with Gasteiger partial charge in [0, 0.05) is 24.8 Å². The van der Waals surface area contributed by atoms with Crippen molar-refractivity contribution >= 4 is 11.6 Å². The first-order chi connectivity index (χ1) is 14.0. The van der Waals surface area contributed by atoms with E-state index in [2.05, 4.69) is 47.3 Å². The van der Waals surface area contributed by atoms with Crippen molar-refractivity contribution in [3.63, 3.8) is 0 Å². The Morgan fingerprint density at radius 2 is 1.93 bits per heavy atom. The number of pyridine rings is 2. The van der Waals surface area contributed by atoms with Crippen LogP contribution in [0.4, 0.5) is 0 Å². The van der Waals surface area contributed by atoms with Crippen molar-refractivity contribution in [3.8, 4) is 0 Å². The number of amides is 1. The van der Waals surface area contributed by atoms with E-state index in [-0.39, 0.29) is 18.4 Å². The van der Waals surface area contributed by atoms with Crippen molar-refractivity contribution in [2.45, 2.75) is 33.2 Å². The average Bonchev–Trinajstić information content (AvgIpc) is 3.11. The number of hydrogen-bond acceptors (Lipinski definition) is 3.